The number of nitrogens with zero attached hydrogens (tertiary/aromatic N) is 2. The van der Waals surface area contributed by atoms with Gasteiger partial charge in [-0.15, -0.1) is 11.3 Å². The zero-order valence-corrected chi connectivity index (χ0v) is 16.3. The molecule has 0 aromatic carbocycles. The normalized spacial score (nSPS) is 12.3. The van der Waals surface area contributed by atoms with E-state index >= 15 is 0 Å². The first-order chi connectivity index (χ1) is 12.4. The van der Waals surface area contributed by atoms with E-state index < -0.39 is 23.5 Å². The van der Waals surface area contributed by atoms with Crippen LogP contribution in [0, 0.1) is 0 Å². The molecule has 1 atom stereocenters. The summed E-state index contributed by atoms with van der Waals surface area (Å²) in [5.41, 5.74) is -0.244. The van der Waals surface area contributed by atoms with Crippen LogP contribution in [-0.4, -0.2) is 34.2 Å². The van der Waals surface area contributed by atoms with Crippen molar-refractivity contribution in [2.75, 3.05) is 6.61 Å². The van der Waals surface area contributed by atoms with E-state index in [1.165, 1.54) is 22.2 Å². The van der Waals surface area contributed by atoms with Crippen molar-refractivity contribution in [1.29, 1.82) is 0 Å². The largest absolute Gasteiger partial charge is 0.462 e. The topological polar surface area (TPSA) is 87.5 Å². The van der Waals surface area contributed by atoms with Crippen molar-refractivity contribution in [2.24, 2.45) is 0 Å². The van der Waals surface area contributed by atoms with Gasteiger partial charge in [-0.25, -0.2) is 14.6 Å². The van der Waals surface area contributed by atoms with E-state index in [2.05, 4.69) is 4.98 Å². The van der Waals surface area contributed by atoms with Crippen molar-refractivity contribution in [2.45, 2.75) is 59.1 Å². The highest BCUT2D eigenvalue weighted by atomic mass is 32.1. The number of unbranched alkanes of at least 4 members (excludes halogenated alkanes) is 1. The monoisotopic (exact) mass is 380 g/mol. The molecule has 2 rings (SSSR count). The summed E-state index contributed by atoms with van der Waals surface area (Å²) >= 11 is 1.20. The van der Waals surface area contributed by atoms with Gasteiger partial charge < -0.3 is 9.47 Å². The second-order valence-corrected chi connectivity index (χ2v) is 7.04. The summed E-state index contributed by atoms with van der Waals surface area (Å²) in [5, 5.41) is 1.76. The molecule has 2 aromatic heterocycles. The minimum atomic E-state index is -0.786. The number of fused-ring (bicyclic) bond motifs is 1. The summed E-state index contributed by atoms with van der Waals surface area (Å²) in [4.78, 5) is 42.2. The van der Waals surface area contributed by atoms with Crippen molar-refractivity contribution in [3.63, 3.8) is 0 Å². The van der Waals surface area contributed by atoms with Crippen LogP contribution in [0.25, 0.3) is 10.2 Å². The van der Waals surface area contributed by atoms with Crippen LogP contribution in [0.2, 0.25) is 0 Å². The maximum Gasteiger partial charge on any atom is 0.339 e. The van der Waals surface area contributed by atoms with Gasteiger partial charge in [-0.05, 0) is 26.7 Å². The predicted octanol–water partition coefficient (Wildman–Crippen LogP) is 3.32. The van der Waals surface area contributed by atoms with Crippen molar-refractivity contribution < 1.29 is 19.1 Å². The maximum atomic E-state index is 12.9. The Hall–Kier alpha value is -2.22. The van der Waals surface area contributed by atoms with Crippen LogP contribution in [0.1, 0.15) is 63.4 Å². The fourth-order valence-corrected chi connectivity index (χ4v) is 3.36. The van der Waals surface area contributed by atoms with Gasteiger partial charge in [0.05, 0.1) is 30.0 Å². The first-order valence-corrected chi connectivity index (χ1v) is 9.64. The van der Waals surface area contributed by atoms with E-state index in [0.29, 0.717) is 17.9 Å². The van der Waals surface area contributed by atoms with Gasteiger partial charge in [0.2, 0.25) is 0 Å². The molecule has 26 heavy (non-hydrogen) atoms. The van der Waals surface area contributed by atoms with Gasteiger partial charge in [0.1, 0.15) is 10.9 Å². The summed E-state index contributed by atoms with van der Waals surface area (Å²) < 4.78 is 11.7. The maximum absolute atomic E-state index is 12.9. The lowest BCUT2D eigenvalue weighted by Crippen LogP contribution is -2.32. The van der Waals surface area contributed by atoms with Gasteiger partial charge in [-0.2, -0.15) is 0 Å². The lowest BCUT2D eigenvalue weighted by atomic mass is 10.2. The number of rotatable bonds is 8. The third-order valence-corrected chi connectivity index (χ3v) is 4.70. The zero-order valence-electron chi connectivity index (χ0n) is 15.5. The van der Waals surface area contributed by atoms with Gasteiger partial charge in [-0.1, -0.05) is 20.3 Å². The molecular formula is C18H24N2O5S. The molecule has 0 spiro atoms. The first-order valence-electron chi connectivity index (χ1n) is 8.76. The van der Waals surface area contributed by atoms with E-state index in [1.807, 2.05) is 6.92 Å². The van der Waals surface area contributed by atoms with Crippen LogP contribution in [0.5, 0.6) is 0 Å². The Morgan fingerprint density at radius 1 is 1.31 bits per heavy atom. The molecule has 0 fully saturated rings. The summed E-state index contributed by atoms with van der Waals surface area (Å²) in [6.07, 6.45) is 3.09. The standard InChI is InChI=1S/C18H24N2O5S/c1-5-7-8-24-17(22)12-9-26-15-14(12)16(21)20(10-19-15)13(6-2)18(23)25-11(3)4/h9-11,13H,5-8H2,1-4H3. The highest BCUT2D eigenvalue weighted by Gasteiger charge is 2.25. The van der Waals surface area contributed by atoms with Crippen LogP contribution in [0.15, 0.2) is 16.5 Å². The van der Waals surface area contributed by atoms with Gasteiger partial charge in [-0.3, -0.25) is 9.36 Å². The average Bonchev–Trinajstić information content (AvgIpc) is 3.02. The minimum Gasteiger partial charge on any atom is -0.462 e. The molecule has 142 valence electrons. The Labute approximate surface area is 155 Å². The Morgan fingerprint density at radius 3 is 2.65 bits per heavy atom. The SMILES string of the molecule is CCCCOC(=O)c1csc2ncn(C(CC)C(=O)OC(C)C)c(=O)c12. The molecule has 0 amide bonds. The summed E-state index contributed by atoms with van der Waals surface area (Å²) in [6, 6.07) is -0.786. The lowest BCUT2D eigenvalue weighted by Gasteiger charge is -2.18. The summed E-state index contributed by atoms with van der Waals surface area (Å²) in [6.45, 7) is 7.59. The molecule has 1 unspecified atom stereocenters. The van der Waals surface area contributed by atoms with E-state index in [-0.39, 0.29) is 17.1 Å². The highest BCUT2D eigenvalue weighted by Crippen LogP contribution is 2.23. The van der Waals surface area contributed by atoms with E-state index in [9.17, 15) is 14.4 Å². The molecule has 8 heteroatoms. The second-order valence-electron chi connectivity index (χ2n) is 6.19. The average molecular weight is 380 g/mol. The molecule has 0 aliphatic rings. The number of hydrogen-bond acceptors (Lipinski definition) is 7. The van der Waals surface area contributed by atoms with Gasteiger partial charge in [0.25, 0.3) is 5.56 Å². The number of carbonyl (C=O) groups is 2. The molecule has 7 nitrogen and oxygen atoms in total. The Balaban J connectivity index is 2.42. The van der Waals surface area contributed by atoms with Crippen molar-refractivity contribution >= 4 is 33.5 Å². The fourth-order valence-electron chi connectivity index (χ4n) is 2.49. The third-order valence-electron chi connectivity index (χ3n) is 3.82. The fraction of sp³-hybridized carbons (Fsp3) is 0.556. The zero-order chi connectivity index (χ0) is 19.3. The predicted molar refractivity (Wildman–Crippen MR) is 99.6 cm³/mol. The Morgan fingerprint density at radius 2 is 2.04 bits per heavy atom. The van der Waals surface area contributed by atoms with Crippen molar-refractivity contribution in [3.05, 3.63) is 27.6 Å². The molecule has 0 radical (unpaired) electrons. The molecular weight excluding hydrogens is 356 g/mol. The summed E-state index contributed by atoms with van der Waals surface area (Å²) in [5.74, 6) is -1.03. The quantitative estimate of drug-likeness (QED) is 0.516. The number of aromatic nitrogens is 2. The van der Waals surface area contributed by atoms with Gasteiger partial charge in [0.15, 0.2) is 0 Å². The number of carbonyl (C=O) groups excluding carboxylic acids is 2. The van der Waals surface area contributed by atoms with Crippen LogP contribution < -0.4 is 5.56 Å². The second kappa shape index (κ2) is 8.93. The number of esters is 2. The molecule has 0 N–H and O–H groups in total. The highest BCUT2D eigenvalue weighted by molar-refractivity contribution is 7.17. The Bertz CT molecular complexity index is 840. The number of thiophene rings is 1. The molecule has 0 aliphatic carbocycles. The number of ether oxygens (including phenoxy) is 2. The van der Waals surface area contributed by atoms with E-state index in [0.717, 1.165) is 12.8 Å². The molecule has 0 bridgehead atoms. The van der Waals surface area contributed by atoms with Crippen molar-refractivity contribution in [3.8, 4) is 0 Å². The van der Waals surface area contributed by atoms with Crippen LogP contribution in [-0.2, 0) is 14.3 Å². The first kappa shape index (κ1) is 20.1. The number of hydrogen-bond donors (Lipinski definition) is 0. The van der Waals surface area contributed by atoms with E-state index in [4.69, 9.17) is 9.47 Å². The van der Waals surface area contributed by atoms with E-state index in [1.54, 1.807) is 26.2 Å². The third kappa shape index (κ3) is 4.30. The molecule has 0 saturated carbocycles. The van der Waals surface area contributed by atoms with Crippen LogP contribution >= 0.6 is 11.3 Å². The van der Waals surface area contributed by atoms with Gasteiger partial charge >= 0.3 is 11.9 Å². The molecule has 2 heterocycles. The van der Waals surface area contributed by atoms with Gasteiger partial charge in [0, 0.05) is 5.38 Å². The summed E-state index contributed by atoms with van der Waals surface area (Å²) in [7, 11) is 0. The lowest BCUT2D eigenvalue weighted by molar-refractivity contribution is -0.151. The molecule has 2 aromatic rings. The van der Waals surface area contributed by atoms with Crippen molar-refractivity contribution in [1.82, 2.24) is 9.55 Å². The smallest absolute Gasteiger partial charge is 0.339 e. The Kier molecular flexibility index (Phi) is 6.90. The molecule has 0 saturated heterocycles. The van der Waals surface area contributed by atoms with Crippen LogP contribution in [0.4, 0.5) is 0 Å². The minimum absolute atomic E-state index is 0.190. The van der Waals surface area contributed by atoms with Crippen LogP contribution in [0.3, 0.4) is 0 Å². The molecule has 0 aliphatic heterocycles.